The van der Waals surface area contributed by atoms with Crippen molar-refractivity contribution < 1.29 is 13.2 Å². The summed E-state index contributed by atoms with van der Waals surface area (Å²) >= 11 is 0. The molecule has 110 valence electrons. The number of pyridine rings is 1. The maximum Gasteiger partial charge on any atom is 0.265 e. The van der Waals surface area contributed by atoms with Crippen LogP contribution in [0.4, 0.5) is 0 Å². The van der Waals surface area contributed by atoms with Crippen molar-refractivity contribution in [1.82, 2.24) is 9.71 Å². The Hall–Kier alpha value is -2.21. The minimum atomic E-state index is -3.86. The minimum absolute atomic E-state index is 0.0229. The van der Waals surface area contributed by atoms with E-state index in [0.717, 1.165) is 5.56 Å². The summed E-state index contributed by atoms with van der Waals surface area (Å²) in [7, 11) is -3.86. The Morgan fingerprint density at radius 2 is 1.90 bits per heavy atom. The smallest absolute Gasteiger partial charge is 0.265 e. The quantitative estimate of drug-likeness (QED) is 0.913. The van der Waals surface area contributed by atoms with Gasteiger partial charge in [-0.1, -0.05) is 37.3 Å². The van der Waals surface area contributed by atoms with Crippen molar-refractivity contribution in [2.45, 2.75) is 18.2 Å². The van der Waals surface area contributed by atoms with E-state index in [-0.39, 0.29) is 4.90 Å². The van der Waals surface area contributed by atoms with E-state index >= 15 is 0 Å². The van der Waals surface area contributed by atoms with Gasteiger partial charge in [0.15, 0.2) is 0 Å². The van der Waals surface area contributed by atoms with E-state index < -0.39 is 21.8 Å². The summed E-state index contributed by atoms with van der Waals surface area (Å²) in [4.78, 5) is 15.7. The summed E-state index contributed by atoms with van der Waals surface area (Å²) in [6.45, 7) is 1.70. The van der Waals surface area contributed by atoms with Crippen LogP contribution in [-0.2, 0) is 21.2 Å². The first kappa shape index (κ1) is 15.2. The third-order valence-electron chi connectivity index (χ3n) is 3.01. The molecule has 0 saturated carbocycles. The molecule has 1 atom stereocenters. The van der Waals surface area contributed by atoms with Gasteiger partial charge in [-0.25, -0.2) is 13.1 Å². The fourth-order valence-electron chi connectivity index (χ4n) is 1.86. The highest BCUT2D eigenvalue weighted by Crippen LogP contribution is 2.11. The van der Waals surface area contributed by atoms with Crippen LogP contribution in [0.2, 0.25) is 0 Å². The number of benzene rings is 1. The lowest BCUT2D eigenvalue weighted by atomic mass is 10.0. The molecule has 0 aliphatic heterocycles. The van der Waals surface area contributed by atoms with Crippen LogP contribution in [0, 0.1) is 5.92 Å². The number of carbonyl (C=O) groups is 1. The number of rotatable bonds is 5. The highest BCUT2D eigenvalue weighted by molar-refractivity contribution is 7.90. The monoisotopic (exact) mass is 304 g/mol. The van der Waals surface area contributed by atoms with E-state index in [4.69, 9.17) is 0 Å². The van der Waals surface area contributed by atoms with E-state index in [2.05, 4.69) is 9.71 Å². The Morgan fingerprint density at radius 3 is 2.52 bits per heavy atom. The summed E-state index contributed by atoms with van der Waals surface area (Å²) in [6, 6.07) is 12.4. The van der Waals surface area contributed by atoms with E-state index in [9.17, 15) is 13.2 Å². The van der Waals surface area contributed by atoms with Crippen molar-refractivity contribution in [2.75, 3.05) is 0 Å². The molecule has 0 aliphatic carbocycles. The van der Waals surface area contributed by atoms with Gasteiger partial charge in [0, 0.05) is 18.3 Å². The molecule has 0 saturated heterocycles. The van der Waals surface area contributed by atoms with Gasteiger partial charge in [0.25, 0.3) is 10.0 Å². The molecule has 5 nitrogen and oxygen atoms in total. The molecule has 0 bridgehead atoms. The Kier molecular flexibility index (Phi) is 4.70. The van der Waals surface area contributed by atoms with Crippen LogP contribution < -0.4 is 4.72 Å². The molecule has 1 amide bonds. The molecule has 1 unspecified atom stereocenters. The molecule has 1 aromatic carbocycles. The van der Waals surface area contributed by atoms with Crippen molar-refractivity contribution in [1.29, 1.82) is 0 Å². The molecule has 6 heteroatoms. The first-order valence-corrected chi connectivity index (χ1v) is 7.98. The largest absolute Gasteiger partial charge is 0.274 e. The molecule has 1 aromatic heterocycles. The summed E-state index contributed by atoms with van der Waals surface area (Å²) in [5.41, 5.74) is 0.985. The number of carbonyl (C=O) groups excluding carboxylic acids is 1. The normalized spacial score (nSPS) is 12.6. The standard InChI is InChI=1S/C15H16N2O3S/c1-12(10-13-6-3-2-4-7-13)15(18)17-21(19,20)14-8-5-9-16-11-14/h2-9,11-12H,10H2,1H3,(H,17,18). The van der Waals surface area contributed by atoms with Gasteiger partial charge < -0.3 is 0 Å². The van der Waals surface area contributed by atoms with E-state index in [1.54, 1.807) is 6.92 Å². The van der Waals surface area contributed by atoms with Crippen molar-refractivity contribution in [2.24, 2.45) is 5.92 Å². The molecule has 0 radical (unpaired) electrons. The number of hydrogen-bond donors (Lipinski definition) is 1. The Balaban J connectivity index is 2.04. The maximum absolute atomic E-state index is 12.0. The highest BCUT2D eigenvalue weighted by Gasteiger charge is 2.21. The average Bonchev–Trinajstić information content (AvgIpc) is 2.48. The van der Waals surface area contributed by atoms with Crippen molar-refractivity contribution in [3.63, 3.8) is 0 Å². The Labute approximate surface area is 124 Å². The van der Waals surface area contributed by atoms with Crippen LogP contribution >= 0.6 is 0 Å². The number of amides is 1. The van der Waals surface area contributed by atoms with Crippen LogP contribution in [0.1, 0.15) is 12.5 Å². The number of sulfonamides is 1. The van der Waals surface area contributed by atoms with Crippen LogP contribution in [0.5, 0.6) is 0 Å². The molecule has 1 N–H and O–H groups in total. The molecular weight excluding hydrogens is 288 g/mol. The van der Waals surface area contributed by atoms with Crippen molar-refractivity contribution in [3.8, 4) is 0 Å². The number of nitrogens with one attached hydrogen (secondary N) is 1. The minimum Gasteiger partial charge on any atom is -0.274 e. The first-order chi connectivity index (χ1) is 9.99. The van der Waals surface area contributed by atoms with Gasteiger partial charge in [-0.2, -0.15) is 0 Å². The van der Waals surface area contributed by atoms with Gasteiger partial charge in [-0.3, -0.25) is 9.78 Å². The highest BCUT2D eigenvalue weighted by atomic mass is 32.2. The van der Waals surface area contributed by atoms with Crippen molar-refractivity contribution in [3.05, 3.63) is 60.4 Å². The third-order valence-corrected chi connectivity index (χ3v) is 4.34. The predicted octanol–water partition coefficient (Wildman–Crippen LogP) is 1.77. The molecular formula is C15H16N2O3S. The zero-order valence-electron chi connectivity index (χ0n) is 11.6. The molecule has 0 aliphatic rings. The van der Waals surface area contributed by atoms with Crippen molar-refractivity contribution >= 4 is 15.9 Å². The lowest BCUT2D eigenvalue weighted by Crippen LogP contribution is -2.35. The fraction of sp³-hybridized carbons (Fsp3) is 0.200. The molecule has 2 rings (SSSR count). The molecule has 2 aromatic rings. The van der Waals surface area contributed by atoms with Gasteiger partial charge in [0.05, 0.1) is 0 Å². The SMILES string of the molecule is CC(Cc1ccccc1)C(=O)NS(=O)(=O)c1cccnc1. The fourth-order valence-corrected chi connectivity index (χ4v) is 2.90. The Bertz CT molecular complexity index is 700. The van der Waals surface area contributed by atoms with E-state index in [1.165, 1.54) is 24.5 Å². The molecule has 21 heavy (non-hydrogen) atoms. The number of hydrogen-bond acceptors (Lipinski definition) is 4. The maximum atomic E-state index is 12.0. The number of nitrogens with zero attached hydrogens (tertiary/aromatic N) is 1. The second-order valence-corrected chi connectivity index (χ2v) is 6.43. The molecule has 0 spiro atoms. The summed E-state index contributed by atoms with van der Waals surface area (Å²) in [5.74, 6) is -0.971. The lowest BCUT2D eigenvalue weighted by Gasteiger charge is -2.12. The average molecular weight is 304 g/mol. The predicted molar refractivity (Wildman–Crippen MR) is 78.9 cm³/mol. The molecule has 0 fully saturated rings. The summed E-state index contributed by atoms with van der Waals surface area (Å²) in [6.07, 6.45) is 3.16. The second kappa shape index (κ2) is 6.49. The van der Waals surface area contributed by atoms with Crippen LogP contribution in [0.3, 0.4) is 0 Å². The second-order valence-electron chi connectivity index (χ2n) is 4.75. The van der Waals surface area contributed by atoms with Gasteiger partial charge >= 0.3 is 0 Å². The lowest BCUT2D eigenvalue weighted by molar-refractivity contribution is -0.122. The van der Waals surface area contributed by atoms with Gasteiger partial charge in [0.1, 0.15) is 4.90 Å². The third kappa shape index (κ3) is 4.13. The summed E-state index contributed by atoms with van der Waals surface area (Å²) < 4.78 is 26.1. The van der Waals surface area contributed by atoms with Gasteiger partial charge in [-0.05, 0) is 24.1 Å². The first-order valence-electron chi connectivity index (χ1n) is 6.49. The zero-order chi connectivity index (χ0) is 15.3. The van der Waals surface area contributed by atoms with E-state index in [0.29, 0.717) is 6.42 Å². The number of aromatic nitrogens is 1. The Morgan fingerprint density at radius 1 is 1.19 bits per heavy atom. The van der Waals surface area contributed by atoms with Gasteiger partial charge in [0.2, 0.25) is 5.91 Å². The van der Waals surface area contributed by atoms with Crippen LogP contribution in [0.25, 0.3) is 0 Å². The van der Waals surface area contributed by atoms with Gasteiger partial charge in [-0.15, -0.1) is 0 Å². The van der Waals surface area contributed by atoms with E-state index in [1.807, 2.05) is 30.3 Å². The molecule has 1 heterocycles. The zero-order valence-corrected chi connectivity index (χ0v) is 12.4. The summed E-state index contributed by atoms with van der Waals surface area (Å²) in [5, 5.41) is 0. The van der Waals surface area contributed by atoms with Crippen LogP contribution in [-0.4, -0.2) is 19.3 Å². The topological polar surface area (TPSA) is 76.1 Å². The van der Waals surface area contributed by atoms with Crippen LogP contribution in [0.15, 0.2) is 59.8 Å².